The summed E-state index contributed by atoms with van der Waals surface area (Å²) < 4.78 is 5.08. The third kappa shape index (κ3) is 2.33. The first-order chi connectivity index (χ1) is 8.24. The van der Waals surface area contributed by atoms with Gasteiger partial charge in [0.15, 0.2) is 0 Å². The molecule has 0 bridgehead atoms. The molecular formula is C14H17NO2. The molecule has 0 saturated carbocycles. The van der Waals surface area contributed by atoms with Crippen molar-refractivity contribution in [3.05, 3.63) is 48.6 Å². The van der Waals surface area contributed by atoms with Gasteiger partial charge < -0.3 is 9.64 Å². The predicted molar refractivity (Wildman–Crippen MR) is 66.9 cm³/mol. The van der Waals surface area contributed by atoms with Gasteiger partial charge in [-0.3, -0.25) is 0 Å². The van der Waals surface area contributed by atoms with Crippen LogP contribution in [0.2, 0.25) is 0 Å². The highest BCUT2D eigenvalue weighted by Gasteiger charge is 2.35. The monoisotopic (exact) mass is 231 g/mol. The second-order valence-electron chi connectivity index (χ2n) is 4.30. The first-order valence-corrected chi connectivity index (χ1v) is 5.79. The van der Waals surface area contributed by atoms with E-state index in [4.69, 9.17) is 4.74 Å². The number of carbonyl (C=O) groups excluding carboxylic acids is 1. The smallest absolute Gasteiger partial charge is 0.409 e. The Kier molecular flexibility index (Phi) is 3.47. The van der Waals surface area contributed by atoms with Gasteiger partial charge in [0.1, 0.15) is 6.61 Å². The van der Waals surface area contributed by atoms with Gasteiger partial charge in [0.25, 0.3) is 0 Å². The van der Waals surface area contributed by atoms with E-state index in [1.165, 1.54) is 5.56 Å². The number of allylic oxidation sites excluding steroid dienone is 1. The van der Waals surface area contributed by atoms with Gasteiger partial charge in [-0.2, -0.15) is 0 Å². The lowest BCUT2D eigenvalue weighted by Crippen LogP contribution is -2.34. The van der Waals surface area contributed by atoms with Crippen molar-refractivity contribution in [3.63, 3.8) is 0 Å². The number of likely N-dealkylation sites (N-methyl/N-ethyl adjacent to an activating group) is 1. The third-order valence-corrected chi connectivity index (χ3v) is 3.28. The Labute approximate surface area is 102 Å². The van der Waals surface area contributed by atoms with E-state index >= 15 is 0 Å². The Hall–Kier alpha value is -1.77. The van der Waals surface area contributed by atoms with Gasteiger partial charge >= 0.3 is 6.09 Å². The molecule has 0 aromatic heterocycles. The van der Waals surface area contributed by atoms with Crippen molar-refractivity contribution in [2.75, 3.05) is 13.7 Å². The van der Waals surface area contributed by atoms with E-state index in [1.54, 1.807) is 11.9 Å². The topological polar surface area (TPSA) is 29.5 Å². The molecule has 1 saturated heterocycles. The van der Waals surface area contributed by atoms with Crippen LogP contribution in [0.1, 0.15) is 17.9 Å². The van der Waals surface area contributed by atoms with Crippen molar-refractivity contribution >= 4 is 6.09 Å². The molecular weight excluding hydrogens is 214 g/mol. The molecule has 2 atom stereocenters. The summed E-state index contributed by atoms with van der Waals surface area (Å²) >= 11 is 0. The van der Waals surface area contributed by atoms with Crippen molar-refractivity contribution in [3.8, 4) is 0 Å². The molecule has 1 aliphatic heterocycles. The van der Waals surface area contributed by atoms with Gasteiger partial charge in [-0.15, -0.1) is 6.58 Å². The summed E-state index contributed by atoms with van der Waals surface area (Å²) in [4.78, 5) is 13.1. The second kappa shape index (κ2) is 5.04. The maximum atomic E-state index is 11.4. The van der Waals surface area contributed by atoms with Gasteiger partial charge in [0.05, 0.1) is 6.04 Å². The molecule has 1 aliphatic rings. The predicted octanol–water partition coefficient (Wildman–Crippen LogP) is 2.80. The Balaban J connectivity index is 2.24. The minimum Gasteiger partial charge on any atom is -0.447 e. The molecule has 17 heavy (non-hydrogen) atoms. The number of rotatable bonds is 4. The molecule has 90 valence electrons. The van der Waals surface area contributed by atoms with E-state index in [-0.39, 0.29) is 18.1 Å². The van der Waals surface area contributed by atoms with E-state index in [1.807, 2.05) is 24.3 Å². The first kappa shape index (κ1) is 11.7. The zero-order valence-corrected chi connectivity index (χ0v) is 10.0. The highest BCUT2D eigenvalue weighted by atomic mass is 16.6. The quantitative estimate of drug-likeness (QED) is 0.746. The molecule has 3 heteroatoms. The minimum atomic E-state index is -0.236. The number of cyclic esters (lactones) is 1. The number of carbonyl (C=O) groups is 1. The van der Waals surface area contributed by atoms with Gasteiger partial charge in [-0.1, -0.05) is 36.4 Å². The molecule has 1 aromatic rings. The molecule has 0 spiro atoms. The van der Waals surface area contributed by atoms with Crippen LogP contribution in [-0.4, -0.2) is 30.7 Å². The number of hydrogen-bond donors (Lipinski definition) is 0. The molecule has 2 unspecified atom stereocenters. The summed E-state index contributed by atoms with van der Waals surface area (Å²) in [5.41, 5.74) is 1.22. The molecule has 1 fully saturated rings. The lowest BCUT2D eigenvalue weighted by atomic mass is 9.88. The summed E-state index contributed by atoms with van der Waals surface area (Å²) in [6, 6.07) is 10.3. The maximum Gasteiger partial charge on any atom is 0.409 e. The van der Waals surface area contributed by atoms with Crippen molar-refractivity contribution in [2.24, 2.45) is 0 Å². The lowest BCUT2D eigenvalue weighted by molar-refractivity contribution is 0.163. The zero-order valence-electron chi connectivity index (χ0n) is 10.0. The van der Waals surface area contributed by atoms with E-state index in [9.17, 15) is 4.79 Å². The standard InChI is InChI=1S/C14H17NO2/c1-3-7-12(11-8-5-4-6-9-11)13-10-17-14(16)15(13)2/h3-6,8-9,12-13H,1,7,10H2,2H3. The number of ether oxygens (including phenoxy) is 1. The van der Waals surface area contributed by atoms with Gasteiger partial charge in [0, 0.05) is 13.0 Å². The summed E-state index contributed by atoms with van der Waals surface area (Å²) in [5, 5.41) is 0. The first-order valence-electron chi connectivity index (χ1n) is 5.79. The third-order valence-electron chi connectivity index (χ3n) is 3.28. The summed E-state index contributed by atoms with van der Waals surface area (Å²) in [6.45, 7) is 4.26. The molecule has 3 nitrogen and oxygen atoms in total. The second-order valence-corrected chi connectivity index (χ2v) is 4.30. The molecule has 0 radical (unpaired) electrons. The maximum absolute atomic E-state index is 11.4. The largest absolute Gasteiger partial charge is 0.447 e. The number of benzene rings is 1. The van der Waals surface area contributed by atoms with Gasteiger partial charge in [0.2, 0.25) is 0 Å². The lowest BCUT2D eigenvalue weighted by Gasteiger charge is -2.26. The van der Waals surface area contributed by atoms with E-state index in [2.05, 4.69) is 18.7 Å². The summed E-state index contributed by atoms with van der Waals surface area (Å²) in [6.07, 6.45) is 2.50. The molecule has 0 N–H and O–H groups in total. The van der Waals surface area contributed by atoms with Crippen molar-refractivity contribution in [1.82, 2.24) is 4.90 Å². The van der Waals surface area contributed by atoms with Crippen LogP contribution in [0.4, 0.5) is 4.79 Å². The zero-order chi connectivity index (χ0) is 12.3. The summed E-state index contributed by atoms with van der Waals surface area (Å²) in [7, 11) is 1.79. The van der Waals surface area contributed by atoms with Crippen molar-refractivity contribution in [2.45, 2.75) is 18.4 Å². The highest BCUT2D eigenvalue weighted by molar-refractivity contribution is 5.70. The fourth-order valence-electron chi connectivity index (χ4n) is 2.29. The van der Waals surface area contributed by atoms with Crippen LogP contribution < -0.4 is 0 Å². The van der Waals surface area contributed by atoms with E-state index in [0.29, 0.717) is 6.61 Å². The fourth-order valence-corrected chi connectivity index (χ4v) is 2.29. The average Bonchev–Trinajstić information content (AvgIpc) is 2.69. The Bertz CT molecular complexity index is 402. The van der Waals surface area contributed by atoms with Gasteiger partial charge in [-0.05, 0) is 12.0 Å². The molecule has 0 aliphatic carbocycles. The number of hydrogen-bond acceptors (Lipinski definition) is 2. The number of nitrogens with zero attached hydrogens (tertiary/aromatic N) is 1. The molecule has 1 aromatic carbocycles. The van der Waals surface area contributed by atoms with E-state index in [0.717, 1.165) is 6.42 Å². The SMILES string of the molecule is C=CCC(c1ccccc1)C1COC(=O)N1C. The normalized spacial score (nSPS) is 21.1. The van der Waals surface area contributed by atoms with Crippen molar-refractivity contribution < 1.29 is 9.53 Å². The van der Waals surface area contributed by atoms with Crippen LogP contribution in [0.15, 0.2) is 43.0 Å². The van der Waals surface area contributed by atoms with Crippen LogP contribution in [0, 0.1) is 0 Å². The van der Waals surface area contributed by atoms with Crippen LogP contribution in [0.3, 0.4) is 0 Å². The average molecular weight is 231 g/mol. The molecule has 2 rings (SSSR count). The van der Waals surface area contributed by atoms with Gasteiger partial charge in [-0.25, -0.2) is 4.79 Å². The molecule has 1 amide bonds. The van der Waals surface area contributed by atoms with Crippen LogP contribution in [-0.2, 0) is 4.74 Å². The Morgan fingerprint density at radius 3 is 2.76 bits per heavy atom. The van der Waals surface area contributed by atoms with Crippen molar-refractivity contribution in [1.29, 1.82) is 0 Å². The Morgan fingerprint density at radius 2 is 2.24 bits per heavy atom. The van der Waals surface area contributed by atoms with Crippen LogP contribution >= 0.6 is 0 Å². The molecule has 1 heterocycles. The van der Waals surface area contributed by atoms with Crippen LogP contribution in [0.25, 0.3) is 0 Å². The minimum absolute atomic E-state index is 0.0999. The summed E-state index contributed by atoms with van der Waals surface area (Å²) in [5.74, 6) is 0.255. The fraction of sp³-hybridized carbons (Fsp3) is 0.357. The van der Waals surface area contributed by atoms with E-state index < -0.39 is 0 Å². The number of amides is 1. The Morgan fingerprint density at radius 1 is 1.53 bits per heavy atom. The van der Waals surface area contributed by atoms with Crippen LogP contribution in [0.5, 0.6) is 0 Å². The highest BCUT2D eigenvalue weighted by Crippen LogP contribution is 2.30.